The van der Waals surface area contributed by atoms with E-state index < -0.39 is 0 Å². The third-order valence-electron chi connectivity index (χ3n) is 5.80. The Kier molecular flexibility index (Phi) is 8.58. The highest BCUT2D eigenvalue weighted by Gasteiger charge is 2.36. The normalized spacial score (nSPS) is 22.6. The molecule has 1 aromatic rings. The maximum Gasteiger partial charge on any atom is 0.226 e. The number of likely N-dealkylation sites (tertiary alicyclic amines) is 2. The average molecular weight is 410 g/mol. The lowest BCUT2D eigenvalue weighted by atomic mass is 9.95. The number of carbonyl (C=O) groups excluding carboxylic acids is 2. The quantitative estimate of drug-likeness (QED) is 0.782. The van der Waals surface area contributed by atoms with Gasteiger partial charge in [-0.25, -0.2) is 0 Å². The number of para-hydroxylation sites is 1. The molecule has 2 aliphatic heterocycles. The van der Waals surface area contributed by atoms with Crippen LogP contribution in [0.1, 0.15) is 32.6 Å². The van der Waals surface area contributed by atoms with Crippen molar-refractivity contribution in [3.63, 3.8) is 0 Å². The molecule has 7 heteroatoms. The summed E-state index contributed by atoms with van der Waals surface area (Å²) in [5.74, 6) is 1.60. The van der Waals surface area contributed by atoms with Gasteiger partial charge in [0.2, 0.25) is 11.8 Å². The van der Waals surface area contributed by atoms with E-state index in [-0.39, 0.29) is 36.2 Å². The number of rotatable bonds is 6. The van der Waals surface area contributed by atoms with E-state index in [2.05, 4.69) is 6.92 Å². The van der Waals surface area contributed by atoms with Crippen LogP contribution < -0.4 is 10.5 Å². The Morgan fingerprint density at radius 1 is 1.18 bits per heavy atom. The highest BCUT2D eigenvalue weighted by atomic mass is 35.5. The zero-order valence-corrected chi connectivity index (χ0v) is 17.4. The third kappa shape index (κ3) is 5.61. The molecule has 0 saturated carbocycles. The maximum atomic E-state index is 12.8. The van der Waals surface area contributed by atoms with Crippen LogP contribution in [-0.2, 0) is 9.59 Å². The molecule has 2 fully saturated rings. The average Bonchev–Trinajstić information content (AvgIpc) is 3.09. The Morgan fingerprint density at radius 2 is 1.86 bits per heavy atom. The number of hydrogen-bond acceptors (Lipinski definition) is 4. The fraction of sp³-hybridized carbons (Fsp3) is 0.619. The summed E-state index contributed by atoms with van der Waals surface area (Å²) in [7, 11) is 0. The fourth-order valence-corrected chi connectivity index (χ4v) is 4.16. The molecule has 3 rings (SSSR count). The first-order chi connectivity index (χ1) is 13.1. The molecule has 2 heterocycles. The zero-order valence-electron chi connectivity index (χ0n) is 16.6. The Hall–Kier alpha value is -1.79. The summed E-state index contributed by atoms with van der Waals surface area (Å²) in [6, 6.07) is 9.81. The molecule has 2 atom stereocenters. The first-order valence-corrected chi connectivity index (χ1v) is 10.0. The molecule has 0 radical (unpaired) electrons. The molecule has 0 spiro atoms. The van der Waals surface area contributed by atoms with E-state index in [4.69, 9.17) is 10.5 Å². The molecular weight excluding hydrogens is 378 g/mol. The number of piperidine rings is 1. The van der Waals surface area contributed by atoms with Gasteiger partial charge in [-0.2, -0.15) is 0 Å². The maximum absolute atomic E-state index is 12.8. The van der Waals surface area contributed by atoms with Gasteiger partial charge in [-0.15, -0.1) is 12.4 Å². The molecule has 2 saturated heterocycles. The number of nitrogens with two attached hydrogens (primary N) is 1. The monoisotopic (exact) mass is 409 g/mol. The van der Waals surface area contributed by atoms with Gasteiger partial charge in [-0.05, 0) is 50.8 Å². The number of ether oxygens (including phenoxy) is 1. The molecule has 28 heavy (non-hydrogen) atoms. The van der Waals surface area contributed by atoms with Gasteiger partial charge in [0, 0.05) is 31.6 Å². The van der Waals surface area contributed by atoms with Crippen LogP contribution in [0, 0.1) is 11.8 Å². The Morgan fingerprint density at radius 3 is 2.46 bits per heavy atom. The minimum absolute atomic E-state index is 0. The molecule has 0 aliphatic carbocycles. The number of halogens is 1. The van der Waals surface area contributed by atoms with Gasteiger partial charge in [0.05, 0.1) is 13.0 Å². The standard InChI is InChI=1S/C21H31N3O3.ClH/c1-16-13-17(14-22)15-24(16)21(26)18-7-10-23(11-8-18)20(25)9-12-27-19-5-3-2-4-6-19;/h2-6,16-18H,7-15,22H2,1H3;1H. The van der Waals surface area contributed by atoms with Crippen molar-refractivity contribution in [2.45, 2.75) is 38.6 Å². The van der Waals surface area contributed by atoms with Gasteiger partial charge in [-0.1, -0.05) is 18.2 Å². The highest BCUT2D eigenvalue weighted by molar-refractivity contribution is 5.85. The number of hydrogen-bond donors (Lipinski definition) is 1. The molecule has 156 valence electrons. The van der Waals surface area contributed by atoms with E-state index >= 15 is 0 Å². The van der Waals surface area contributed by atoms with E-state index in [9.17, 15) is 9.59 Å². The van der Waals surface area contributed by atoms with Crippen LogP contribution in [-0.4, -0.2) is 60.4 Å². The van der Waals surface area contributed by atoms with Gasteiger partial charge in [0.15, 0.2) is 0 Å². The summed E-state index contributed by atoms with van der Waals surface area (Å²) in [6.07, 6.45) is 2.87. The highest BCUT2D eigenvalue weighted by Crippen LogP contribution is 2.27. The zero-order chi connectivity index (χ0) is 19.2. The van der Waals surface area contributed by atoms with Crippen LogP contribution in [0.15, 0.2) is 30.3 Å². The van der Waals surface area contributed by atoms with Gasteiger partial charge >= 0.3 is 0 Å². The summed E-state index contributed by atoms with van der Waals surface area (Å²) < 4.78 is 5.61. The van der Waals surface area contributed by atoms with Crippen molar-refractivity contribution in [2.75, 3.05) is 32.8 Å². The van der Waals surface area contributed by atoms with Gasteiger partial charge in [0.1, 0.15) is 5.75 Å². The number of benzene rings is 1. The van der Waals surface area contributed by atoms with Crippen LogP contribution in [0.5, 0.6) is 5.75 Å². The summed E-state index contributed by atoms with van der Waals surface area (Å²) >= 11 is 0. The second-order valence-electron chi connectivity index (χ2n) is 7.74. The van der Waals surface area contributed by atoms with E-state index in [1.807, 2.05) is 40.1 Å². The first kappa shape index (κ1) is 22.5. The van der Waals surface area contributed by atoms with Gasteiger partial charge in [0.25, 0.3) is 0 Å². The lowest BCUT2D eigenvalue weighted by Gasteiger charge is -2.34. The van der Waals surface area contributed by atoms with Crippen LogP contribution >= 0.6 is 12.4 Å². The fourth-order valence-electron chi connectivity index (χ4n) is 4.16. The molecule has 2 amide bonds. The predicted octanol–water partition coefficient (Wildman–Crippen LogP) is 2.31. The second kappa shape index (κ2) is 10.7. The van der Waals surface area contributed by atoms with Crippen molar-refractivity contribution < 1.29 is 14.3 Å². The number of amides is 2. The molecule has 0 aromatic heterocycles. The first-order valence-electron chi connectivity index (χ1n) is 10.0. The molecular formula is C21H32ClN3O3. The molecule has 0 bridgehead atoms. The third-order valence-corrected chi connectivity index (χ3v) is 5.80. The van der Waals surface area contributed by atoms with Crippen molar-refractivity contribution in [1.82, 2.24) is 9.80 Å². The number of nitrogens with zero attached hydrogens (tertiary/aromatic N) is 2. The Balaban J connectivity index is 0.00000280. The van der Waals surface area contributed by atoms with Crippen LogP contribution in [0.3, 0.4) is 0 Å². The van der Waals surface area contributed by atoms with Crippen molar-refractivity contribution in [1.29, 1.82) is 0 Å². The molecule has 2 unspecified atom stereocenters. The van der Waals surface area contributed by atoms with Gasteiger partial charge in [-0.3, -0.25) is 9.59 Å². The van der Waals surface area contributed by atoms with Crippen molar-refractivity contribution in [3.8, 4) is 5.75 Å². The van der Waals surface area contributed by atoms with E-state index in [0.717, 1.165) is 31.6 Å². The second-order valence-corrected chi connectivity index (χ2v) is 7.74. The summed E-state index contributed by atoms with van der Waals surface area (Å²) in [5, 5.41) is 0. The summed E-state index contributed by atoms with van der Waals surface area (Å²) in [4.78, 5) is 29.1. The topological polar surface area (TPSA) is 75.9 Å². The largest absolute Gasteiger partial charge is 0.493 e. The Bertz CT molecular complexity index is 635. The lowest BCUT2D eigenvalue weighted by molar-refractivity contribution is -0.141. The lowest BCUT2D eigenvalue weighted by Crippen LogP contribution is -2.45. The van der Waals surface area contributed by atoms with Crippen LogP contribution in [0.4, 0.5) is 0 Å². The summed E-state index contributed by atoms with van der Waals surface area (Å²) in [5.41, 5.74) is 5.77. The van der Waals surface area contributed by atoms with Gasteiger partial charge < -0.3 is 20.3 Å². The predicted molar refractivity (Wildman–Crippen MR) is 111 cm³/mol. The van der Waals surface area contributed by atoms with E-state index in [1.165, 1.54) is 0 Å². The Labute approximate surface area is 173 Å². The molecule has 6 nitrogen and oxygen atoms in total. The van der Waals surface area contributed by atoms with Crippen molar-refractivity contribution >= 4 is 24.2 Å². The smallest absolute Gasteiger partial charge is 0.226 e. The number of carbonyl (C=O) groups is 2. The van der Waals surface area contributed by atoms with Crippen LogP contribution in [0.25, 0.3) is 0 Å². The molecule has 1 aromatic carbocycles. The minimum atomic E-state index is 0. The minimum Gasteiger partial charge on any atom is -0.493 e. The molecule has 2 N–H and O–H groups in total. The van der Waals surface area contributed by atoms with Crippen LogP contribution in [0.2, 0.25) is 0 Å². The van der Waals surface area contributed by atoms with E-state index in [0.29, 0.717) is 38.6 Å². The SMILES string of the molecule is CC1CC(CN)CN1C(=O)C1CCN(C(=O)CCOc2ccccc2)CC1.Cl. The van der Waals surface area contributed by atoms with Crippen molar-refractivity contribution in [3.05, 3.63) is 30.3 Å². The van der Waals surface area contributed by atoms with Crippen molar-refractivity contribution in [2.24, 2.45) is 17.6 Å². The summed E-state index contributed by atoms with van der Waals surface area (Å²) in [6.45, 7) is 5.23. The van der Waals surface area contributed by atoms with E-state index in [1.54, 1.807) is 0 Å². The molecule has 2 aliphatic rings.